The maximum Gasteiger partial charge on any atom is 0.255 e. The van der Waals surface area contributed by atoms with Gasteiger partial charge < -0.3 is 5.32 Å². The van der Waals surface area contributed by atoms with Crippen molar-refractivity contribution in [2.45, 2.75) is 13.3 Å². The Balaban J connectivity index is 1.86. The number of hydrazine groups is 1. The van der Waals surface area contributed by atoms with Gasteiger partial charge in [0.1, 0.15) is 5.52 Å². The number of benzene rings is 2. The Morgan fingerprint density at radius 2 is 2.04 bits per heavy atom. The minimum atomic E-state index is -0.176. The van der Waals surface area contributed by atoms with Gasteiger partial charge in [-0.1, -0.05) is 42.0 Å². The molecule has 3 rings (SSSR count). The summed E-state index contributed by atoms with van der Waals surface area (Å²) in [4.78, 5) is 16.6. The average molecular weight is 347 g/mol. The molecular formula is C16H15ClN4OS. The molecule has 7 heteroatoms. The van der Waals surface area contributed by atoms with Gasteiger partial charge in [-0.15, -0.1) is 0 Å². The van der Waals surface area contributed by atoms with Crippen molar-refractivity contribution in [1.29, 1.82) is 0 Å². The average Bonchev–Trinajstić information content (AvgIpc) is 2.98. The molecule has 23 heavy (non-hydrogen) atoms. The van der Waals surface area contributed by atoms with Crippen molar-refractivity contribution in [2.75, 3.05) is 10.7 Å². The Kier molecular flexibility index (Phi) is 4.47. The van der Waals surface area contributed by atoms with Crippen molar-refractivity contribution < 1.29 is 4.79 Å². The summed E-state index contributed by atoms with van der Waals surface area (Å²) in [6.07, 6.45) is 0.942. The van der Waals surface area contributed by atoms with E-state index < -0.39 is 0 Å². The number of anilines is 2. The first kappa shape index (κ1) is 15.7. The van der Waals surface area contributed by atoms with Crippen LogP contribution in [0.15, 0.2) is 36.4 Å². The monoisotopic (exact) mass is 346 g/mol. The van der Waals surface area contributed by atoms with Crippen molar-refractivity contribution in [3.8, 4) is 0 Å². The SMILES string of the molecule is CCc1ccc(C(=O)Nc2cc(Cl)c3nc(NN)sc3c2)cc1. The zero-order chi connectivity index (χ0) is 16.4. The standard InChI is InChI=1S/C16H15ClN4OS/c1-2-9-3-5-10(6-4-9)15(22)19-11-7-12(17)14-13(8-11)23-16(20-14)21-18/h3-8H,2,18H2,1H3,(H,19,22)(H,20,21). The number of halogens is 1. The number of thiazole rings is 1. The van der Waals surface area contributed by atoms with E-state index in [0.29, 0.717) is 26.9 Å². The first-order valence-corrected chi connectivity index (χ1v) is 8.27. The van der Waals surface area contributed by atoms with Crippen LogP contribution in [-0.2, 0) is 6.42 Å². The minimum absolute atomic E-state index is 0.176. The number of nitrogens with zero attached hydrogens (tertiary/aromatic N) is 1. The summed E-state index contributed by atoms with van der Waals surface area (Å²) in [5.74, 6) is 5.19. The number of aryl methyl sites for hydroxylation is 1. The molecule has 0 saturated carbocycles. The van der Waals surface area contributed by atoms with Gasteiger partial charge >= 0.3 is 0 Å². The summed E-state index contributed by atoms with van der Waals surface area (Å²) in [6.45, 7) is 2.08. The van der Waals surface area contributed by atoms with E-state index >= 15 is 0 Å². The summed E-state index contributed by atoms with van der Waals surface area (Å²) in [5.41, 5.74) is 5.58. The van der Waals surface area contributed by atoms with E-state index in [1.165, 1.54) is 16.9 Å². The molecule has 3 aromatic rings. The molecule has 0 atom stereocenters. The smallest absolute Gasteiger partial charge is 0.255 e. The maximum atomic E-state index is 12.3. The molecule has 0 aliphatic carbocycles. The van der Waals surface area contributed by atoms with Gasteiger partial charge in [-0.25, -0.2) is 10.8 Å². The molecule has 0 bridgehead atoms. The fraction of sp³-hybridized carbons (Fsp3) is 0.125. The van der Waals surface area contributed by atoms with Crippen LogP contribution in [0.1, 0.15) is 22.8 Å². The summed E-state index contributed by atoms with van der Waals surface area (Å²) in [5, 5.41) is 3.90. The molecule has 1 aromatic heterocycles. The van der Waals surface area contributed by atoms with E-state index in [2.05, 4.69) is 22.7 Å². The van der Waals surface area contributed by atoms with E-state index in [9.17, 15) is 4.79 Å². The Bertz CT molecular complexity index is 860. The van der Waals surface area contributed by atoms with Crippen molar-refractivity contribution in [3.63, 3.8) is 0 Å². The van der Waals surface area contributed by atoms with E-state index in [1.807, 2.05) is 30.3 Å². The maximum absolute atomic E-state index is 12.3. The highest BCUT2D eigenvalue weighted by Crippen LogP contribution is 2.33. The van der Waals surface area contributed by atoms with Crippen LogP contribution >= 0.6 is 22.9 Å². The number of carbonyl (C=O) groups excluding carboxylic acids is 1. The van der Waals surface area contributed by atoms with Crippen LogP contribution in [0.3, 0.4) is 0 Å². The third-order valence-electron chi connectivity index (χ3n) is 3.45. The van der Waals surface area contributed by atoms with Crippen LogP contribution in [0, 0.1) is 0 Å². The van der Waals surface area contributed by atoms with Gasteiger partial charge in [0.2, 0.25) is 0 Å². The summed E-state index contributed by atoms with van der Waals surface area (Å²) >= 11 is 7.60. The molecule has 4 N–H and O–H groups in total. The zero-order valence-corrected chi connectivity index (χ0v) is 14.0. The molecule has 0 aliphatic heterocycles. The third-order valence-corrected chi connectivity index (χ3v) is 4.68. The lowest BCUT2D eigenvalue weighted by Crippen LogP contribution is -2.11. The fourth-order valence-corrected chi connectivity index (χ4v) is 3.38. The van der Waals surface area contributed by atoms with Crippen molar-refractivity contribution in [1.82, 2.24) is 4.98 Å². The fourth-order valence-electron chi connectivity index (χ4n) is 2.22. The lowest BCUT2D eigenvalue weighted by molar-refractivity contribution is 0.102. The topological polar surface area (TPSA) is 80.0 Å². The molecule has 0 radical (unpaired) electrons. The number of carbonyl (C=O) groups is 1. The van der Waals surface area contributed by atoms with Crippen molar-refractivity contribution in [2.24, 2.45) is 5.84 Å². The third kappa shape index (κ3) is 3.29. The van der Waals surface area contributed by atoms with E-state index in [4.69, 9.17) is 17.4 Å². The first-order chi connectivity index (χ1) is 11.1. The molecule has 0 aliphatic rings. The largest absolute Gasteiger partial charge is 0.322 e. The Morgan fingerprint density at radius 3 is 2.70 bits per heavy atom. The summed E-state index contributed by atoms with van der Waals surface area (Å²) in [7, 11) is 0. The summed E-state index contributed by atoms with van der Waals surface area (Å²) < 4.78 is 0.849. The van der Waals surface area contributed by atoms with Gasteiger partial charge in [0.25, 0.3) is 5.91 Å². The van der Waals surface area contributed by atoms with Crippen LogP contribution in [0.2, 0.25) is 5.02 Å². The predicted octanol–water partition coefficient (Wildman–Crippen LogP) is 4.05. The van der Waals surface area contributed by atoms with Crippen LogP contribution < -0.4 is 16.6 Å². The number of hydrogen-bond donors (Lipinski definition) is 3. The van der Waals surface area contributed by atoms with Gasteiger partial charge in [-0.2, -0.15) is 0 Å². The molecule has 2 aromatic carbocycles. The number of rotatable bonds is 4. The van der Waals surface area contributed by atoms with Crippen molar-refractivity contribution in [3.05, 3.63) is 52.5 Å². The molecule has 1 amide bonds. The molecule has 0 saturated heterocycles. The van der Waals surface area contributed by atoms with Crippen LogP contribution in [-0.4, -0.2) is 10.9 Å². The van der Waals surface area contributed by atoms with Gasteiger partial charge in [-0.3, -0.25) is 10.2 Å². The normalized spacial score (nSPS) is 10.7. The van der Waals surface area contributed by atoms with E-state index in [-0.39, 0.29) is 5.91 Å². The van der Waals surface area contributed by atoms with E-state index in [0.717, 1.165) is 11.1 Å². The van der Waals surface area contributed by atoms with Gasteiger partial charge in [0, 0.05) is 11.3 Å². The molecule has 1 heterocycles. The second-order valence-electron chi connectivity index (χ2n) is 4.97. The molecule has 0 spiro atoms. The lowest BCUT2D eigenvalue weighted by Gasteiger charge is -2.07. The number of nitrogens with one attached hydrogen (secondary N) is 2. The Hall–Kier alpha value is -2.15. The van der Waals surface area contributed by atoms with Crippen LogP contribution in [0.5, 0.6) is 0 Å². The second kappa shape index (κ2) is 6.54. The van der Waals surface area contributed by atoms with E-state index in [1.54, 1.807) is 6.07 Å². The number of aromatic nitrogens is 1. The van der Waals surface area contributed by atoms with Crippen LogP contribution in [0.4, 0.5) is 10.8 Å². The highest BCUT2D eigenvalue weighted by atomic mass is 35.5. The second-order valence-corrected chi connectivity index (χ2v) is 6.41. The molecule has 0 fully saturated rings. The first-order valence-electron chi connectivity index (χ1n) is 7.07. The zero-order valence-electron chi connectivity index (χ0n) is 12.4. The minimum Gasteiger partial charge on any atom is -0.322 e. The number of nitrogens with two attached hydrogens (primary N) is 1. The van der Waals surface area contributed by atoms with Gasteiger partial charge in [0.15, 0.2) is 5.13 Å². The quantitative estimate of drug-likeness (QED) is 0.492. The highest BCUT2D eigenvalue weighted by Gasteiger charge is 2.11. The number of fused-ring (bicyclic) bond motifs is 1. The predicted molar refractivity (Wildman–Crippen MR) is 96.2 cm³/mol. The van der Waals surface area contributed by atoms with Gasteiger partial charge in [0.05, 0.1) is 9.72 Å². The molecule has 0 unspecified atom stereocenters. The number of nitrogen functional groups attached to an aromatic ring is 1. The number of hydrogen-bond acceptors (Lipinski definition) is 5. The van der Waals surface area contributed by atoms with Crippen molar-refractivity contribution >= 4 is 49.9 Å². The highest BCUT2D eigenvalue weighted by molar-refractivity contribution is 7.22. The summed E-state index contributed by atoms with van der Waals surface area (Å²) in [6, 6.07) is 11.1. The molecule has 118 valence electrons. The number of amides is 1. The molecule has 5 nitrogen and oxygen atoms in total. The molecular weight excluding hydrogens is 332 g/mol. The Labute approximate surface area is 142 Å². The van der Waals surface area contributed by atoms with Gasteiger partial charge in [-0.05, 0) is 36.2 Å². The Morgan fingerprint density at radius 1 is 1.30 bits per heavy atom. The van der Waals surface area contributed by atoms with Crippen LogP contribution in [0.25, 0.3) is 10.2 Å². The lowest BCUT2D eigenvalue weighted by atomic mass is 10.1.